The molecule has 140 valence electrons. The van der Waals surface area contributed by atoms with Gasteiger partial charge in [0.25, 0.3) is 0 Å². The predicted octanol–water partition coefficient (Wildman–Crippen LogP) is 5.47. The van der Waals surface area contributed by atoms with Crippen LogP contribution in [0.15, 0.2) is 10.5 Å². The summed E-state index contributed by atoms with van der Waals surface area (Å²) in [6.07, 6.45) is 2.08. The van der Waals surface area contributed by atoms with Gasteiger partial charge in [-0.15, -0.1) is 0 Å². The Hall–Kier alpha value is -0.923. The first kappa shape index (κ1) is 20.4. The van der Waals surface area contributed by atoms with Crippen LogP contribution in [0.2, 0.25) is 18.1 Å². The van der Waals surface area contributed by atoms with Crippen LogP contribution in [0.25, 0.3) is 0 Å². The lowest BCUT2D eigenvalue weighted by Gasteiger charge is -2.36. The van der Waals surface area contributed by atoms with Crippen molar-refractivity contribution in [2.45, 2.75) is 64.4 Å². The second-order valence-corrected chi connectivity index (χ2v) is 13.6. The number of carbonyl (C=O) groups excluding carboxylic acids is 1. The van der Waals surface area contributed by atoms with Crippen molar-refractivity contribution in [3.63, 3.8) is 0 Å². The van der Waals surface area contributed by atoms with Gasteiger partial charge < -0.3 is 14.5 Å². The normalized spacial score (nSPS) is 15.2. The number of halogens is 2. The van der Waals surface area contributed by atoms with Crippen LogP contribution < -0.4 is 5.32 Å². The second-order valence-electron chi connectivity index (χ2n) is 8.03. The molecule has 0 aliphatic heterocycles. The molecule has 4 nitrogen and oxygen atoms in total. The third kappa shape index (κ3) is 4.63. The quantitative estimate of drug-likeness (QED) is 0.478. The van der Waals surface area contributed by atoms with Crippen LogP contribution >= 0.6 is 15.9 Å². The third-order valence-corrected chi connectivity index (χ3v) is 10.4. The van der Waals surface area contributed by atoms with E-state index in [1.807, 2.05) is 0 Å². The van der Waals surface area contributed by atoms with E-state index in [0.717, 1.165) is 12.8 Å². The Morgan fingerprint density at radius 2 is 2.00 bits per heavy atom. The molecule has 1 aliphatic carbocycles. The summed E-state index contributed by atoms with van der Waals surface area (Å²) in [5, 5.41) is 3.39. The zero-order valence-corrected chi connectivity index (χ0v) is 18.3. The van der Waals surface area contributed by atoms with Crippen LogP contribution in [0.1, 0.15) is 49.5 Å². The first-order valence-corrected chi connectivity index (χ1v) is 12.2. The van der Waals surface area contributed by atoms with E-state index in [4.69, 9.17) is 9.16 Å². The Morgan fingerprint density at radius 3 is 2.48 bits per heavy atom. The zero-order valence-electron chi connectivity index (χ0n) is 15.8. The van der Waals surface area contributed by atoms with Crippen molar-refractivity contribution < 1.29 is 18.3 Å². The highest BCUT2D eigenvalue weighted by Crippen LogP contribution is 2.40. The highest BCUT2D eigenvalue weighted by Gasteiger charge is 2.38. The van der Waals surface area contributed by atoms with Gasteiger partial charge in [0.1, 0.15) is 5.82 Å². The van der Waals surface area contributed by atoms with E-state index in [0.29, 0.717) is 21.8 Å². The molecule has 0 amide bonds. The molecule has 0 aromatic heterocycles. The van der Waals surface area contributed by atoms with Gasteiger partial charge in [0, 0.05) is 11.6 Å². The molecule has 0 heterocycles. The number of nitrogens with one attached hydrogen (secondary N) is 1. The minimum absolute atomic E-state index is 0.0437. The number of anilines is 1. The van der Waals surface area contributed by atoms with Crippen molar-refractivity contribution in [3.8, 4) is 0 Å². The van der Waals surface area contributed by atoms with E-state index < -0.39 is 20.1 Å². The van der Waals surface area contributed by atoms with Crippen LogP contribution in [0, 0.1) is 5.82 Å². The fraction of sp³-hybridized carbons (Fsp3) is 0.611. The number of rotatable bonds is 6. The number of hydrogen-bond acceptors (Lipinski definition) is 4. The van der Waals surface area contributed by atoms with Crippen molar-refractivity contribution in [2.75, 3.05) is 12.4 Å². The molecule has 1 aromatic rings. The smallest absolute Gasteiger partial charge is 0.340 e. The van der Waals surface area contributed by atoms with E-state index >= 15 is 0 Å². The maximum Gasteiger partial charge on any atom is 0.340 e. The van der Waals surface area contributed by atoms with E-state index in [-0.39, 0.29) is 17.2 Å². The van der Waals surface area contributed by atoms with Crippen molar-refractivity contribution in [1.29, 1.82) is 0 Å². The zero-order chi connectivity index (χ0) is 19.0. The maximum atomic E-state index is 14.4. The molecule has 1 aromatic carbocycles. The minimum Gasteiger partial charge on any atom is -0.465 e. The first-order chi connectivity index (χ1) is 11.5. The van der Waals surface area contributed by atoms with Gasteiger partial charge in [-0.2, -0.15) is 0 Å². The highest BCUT2D eigenvalue weighted by atomic mass is 79.9. The monoisotopic (exact) mass is 431 g/mol. The largest absolute Gasteiger partial charge is 0.465 e. The molecule has 7 heteroatoms. The summed E-state index contributed by atoms with van der Waals surface area (Å²) in [7, 11) is -0.715. The Balaban J connectivity index is 2.43. The Kier molecular flexibility index (Phi) is 6.01. The molecule has 0 spiro atoms. The predicted molar refractivity (Wildman–Crippen MR) is 104 cm³/mol. The molecule has 0 unspecified atom stereocenters. The van der Waals surface area contributed by atoms with Crippen molar-refractivity contribution in [1.82, 2.24) is 0 Å². The summed E-state index contributed by atoms with van der Waals surface area (Å²) in [6.45, 7) is 11.0. The lowest BCUT2D eigenvalue weighted by atomic mass is 10.1. The average Bonchev–Trinajstić information content (AvgIpc) is 3.32. The summed E-state index contributed by atoms with van der Waals surface area (Å²) < 4.78 is 25.8. The molecular formula is C18H27BrFNO3Si. The van der Waals surface area contributed by atoms with Gasteiger partial charge in [0.05, 0.1) is 29.4 Å². The first-order valence-electron chi connectivity index (χ1n) is 8.47. The lowest BCUT2D eigenvalue weighted by Crippen LogP contribution is -2.40. The van der Waals surface area contributed by atoms with Crippen molar-refractivity contribution in [3.05, 3.63) is 27.5 Å². The van der Waals surface area contributed by atoms with Gasteiger partial charge in [0.15, 0.2) is 8.32 Å². The topological polar surface area (TPSA) is 47.6 Å². The summed E-state index contributed by atoms with van der Waals surface area (Å²) in [6, 6.07) is 1.53. The van der Waals surface area contributed by atoms with Gasteiger partial charge in [-0.3, -0.25) is 0 Å². The fourth-order valence-corrected chi connectivity index (χ4v) is 3.52. The summed E-state index contributed by atoms with van der Waals surface area (Å²) in [5.41, 5.74) is 1.46. The van der Waals surface area contributed by atoms with Gasteiger partial charge in [-0.05, 0) is 53.0 Å². The molecule has 0 bridgehead atoms. The van der Waals surface area contributed by atoms with E-state index in [1.54, 1.807) is 0 Å². The molecule has 0 saturated heterocycles. The van der Waals surface area contributed by atoms with Gasteiger partial charge >= 0.3 is 5.97 Å². The molecule has 25 heavy (non-hydrogen) atoms. The van der Waals surface area contributed by atoms with E-state index in [1.165, 1.54) is 13.2 Å². The molecule has 1 saturated carbocycles. The van der Waals surface area contributed by atoms with Crippen LogP contribution in [-0.4, -0.2) is 27.4 Å². The van der Waals surface area contributed by atoms with Gasteiger partial charge in [-0.1, -0.05) is 20.8 Å². The SMILES string of the molecule is COC(=O)c1cc(F)c(Br)c(CO[Si](C)(C)C(C)(C)C)c1NC1CC1. The van der Waals surface area contributed by atoms with Gasteiger partial charge in [0.2, 0.25) is 0 Å². The number of carbonyl (C=O) groups is 1. The maximum absolute atomic E-state index is 14.4. The Labute approximate surface area is 158 Å². The molecule has 1 N–H and O–H groups in total. The Bertz CT molecular complexity index is 669. The van der Waals surface area contributed by atoms with Crippen LogP contribution in [0.5, 0.6) is 0 Å². The summed E-state index contributed by atoms with van der Waals surface area (Å²) >= 11 is 3.33. The van der Waals surface area contributed by atoms with E-state index in [9.17, 15) is 9.18 Å². The van der Waals surface area contributed by atoms with Gasteiger partial charge in [-0.25, -0.2) is 9.18 Å². The van der Waals surface area contributed by atoms with Crippen LogP contribution in [-0.2, 0) is 15.8 Å². The Morgan fingerprint density at radius 1 is 1.40 bits per heavy atom. The van der Waals surface area contributed by atoms with Crippen molar-refractivity contribution in [2.24, 2.45) is 0 Å². The molecule has 1 fully saturated rings. The fourth-order valence-electron chi connectivity index (χ4n) is 2.15. The summed E-state index contributed by atoms with van der Waals surface area (Å²) in [4.78, 5) is 12.1. The molecule has 1 aliphatic rings. The number of esters is 1. The average molecular weight is 432 g/mol. The van der Waals surface area contributed by atoms with Crippen LogP contribution in [0.3, 0.4) is 0 Å². The molecule has 2 rings (SSSR count). The lowest BCUT2D eigenvalue weighted by molar-refractivity contribution is 0.0601. The number of ether oxygens (including phenoxy) is 1. The molecular weight excluding hydrogens is 405 g/mol. The van der Waals surface area contributed by atoms with Crippen LogP contribution in [0.4, 0.5) is 10.1 Å². The minimum atomic E-state index is -2.02. The van der Waals surface area contributed by atoms with Crippen molar-refractivity contribution >= 4 is 35.9 Å². The summed E-state index contributed by atoms with van der Waals surface area (Å²) in [5.74, 6) is -1.04. The number of benzene rings is 1. The molecule has 0 radical (unpaired) electrons. The number of hydrogen-bond donors (Lipinski definition) is 1. The standard InChI is InChI=1S/C18H27BrFNO3Si/c1-18(2,3)25(5,6)24-10-13-15(19)14(20)9-12(17(22)23-4)16(13)21-11-7-8-11/h9,11,21H,7-8,10H2,1-6H3. The number of methoxy groups -OCH3 is 1. The molecule has 0 atom stereocenters. The second kappa shape index (κ2) is 7.37. The third-order valence-electron chi connectivity index (χ3n) is 5.03. The highest BCUT2D eigenvalue weighted by molar-refractivity contribution is 9.10. The van der Waals surface area contributed by atoms with E-state index in [2.05, 4.69) is 55.1 Å².